The molecule has 0 aliphatic rings. The van der Waals surface area contributed by atoms with Crippen molar-refractivity contribution in [2.45, 2.75) is 0 Å². The van der Waals surface area contributed by atoms with Crippen LogP contribution in [0.2, 0.25) is 0 Å². The van der Waals surface area contributed by atoms with E-state index in [0.29, 0.717) is 5.11 Å². The Kier molecular flexibility index (Phi) is 5.36. The second-order valence-electron chi connectivity index (χ2n) is 6.21. The zero-order valence-electron chi connectivity index (χ0n) is 15.0. The molecule has 28 heavy (non-hydrogen) atoms. The lowest BCUT2D eigenvalue weighted by Gasteiger charge is -2.04. The van der Waals surface area contributed by atoms with E-state index in [0.717, 1.165) is 21.9 Å². The largest absolute Gasteiger partial charge is 0.252 e. The third-order valence-electron chi connectivity index (χ3n) is 4.39. The standard InChI is InChI=1S/C23H18N4S/c28-23(26-24-15-19-11-5-9-17-7-1-3-13-21(17)19)27-25-16-20-12-6-10-18-8-2-4-14-22(18)20/h1-16H,(H2,26,27,28)/b24-15-,25-16-. The van der Waals surface area contributed by atoms with E-state index >= 15 is 0 Å². The van der Waals surface area contributed by atoms with Crippen LogP contribution in [-0.2, 0) is 0 Å². The van der Waals surface area contributed by atoms with Crippen molar-refractivity contribution in [3.63, 3.8) is 0 Å². The maximum atomic E-state index is 5.23. The monoisotopic (exact) mass is 382 g/mol. The Morgan fingerprint density at radius 3 is 1.54 bits per heavy atom. The summed E-state index contributed by atoms with van der Waals surface area (Å²) < 4.78 is 0. The lowest BCUT2D eigenvalue weighted by Crippen LogP contribution is -2.28. The molecule has 0 aliphatic carbocycles. The van der Waals surface area contributed by atoms with Gasteiger partial charge in [-0.05, 0) is 33.8 Å². The van der Waals surface area contributed by atoms with Crippen LogP contribution in [-0.4, -0.2) is 17.5 Å². The molecule has 5 heteroatoms. The molecule has 4 aromatic rings. The minimum absolute atomic E-state index is 0.327. The predicted octanol–water partition coefficient (Wildman–Crippen LogP) is 4.83. The number of nitrogens with zero attached hydrogens (tertiary/aromatic N) is 2. The molecule has 0 aromatic heterocycles. The maximum absolute atomic E-state index is 5.23. The van der Waals surface area contributed by atoms with Crippen LogP contribution in [0.1, 0.15) is 11.1 Å². The van der Waals surface area contributed by atoms with E-state index in [4.69, 9.17) is 12.2 Å². The highest BCUT2D eigenvalue weighted by atomic mass is 32.1. The highest BCUT2D eigenvalue weighted by molar-refractivity contribution is 7.80. The molecule has 0 radical (unpaired) electrons. The van der Waals surface area contributed by atoms with E-state index in [-0.39, 0.29) is 0 Å². The quantitative estimate of drug-likeness (QED) is 0.302. The third-order valence-corrected chi connectivity index (χ3v) is 4.57. The van der Waals surface area contributed by atoms with Gasteiger partial charge in [0.05, 0.1) is 12.4 Å². The zero-order chi connectivity index (χ0) is 19.2. The van der Waals surface area contributed by atoms with Gasteiger partial charge >= 0.3 is 0 Å². The molecule has 0 amide bonds. The predicted molar refractivity (Wildman–Crippen MR) is 122 cm³/mol. The third kappa shape index (κ3) is 4.05. The van der Waals surface area contributed by atoms with Gasteiger partial charge in [0.25, 0.3) is 0 Å². The number of benzene rings is 4. The van der Waals surface area contributed by atoms with Crippen molar-refractivity contribution in [3.05, 3.63) is 96.1 Å². The molecule has 0 bridgehead atoms. The first-order valence-corrected chi connectivity index (χ1v) is 9.30. The average Bonchev–Trinajstić information content (AvgIpc) is 2.74. The number of rotatable bonds is 4. The highest BCUT2D eigenvalue weighted by Crippen LogP contribution is 2.17. The fraction of sp³-hybridized carbons (Fsp3) is 0. The Balaban J connectivity index is 1.39. The first kappa shape index (κ1) is 17.8. The van der Waals surface area contributed by atoms with E-state index in [1.807, 2.05) is 48.5 Å². The van der Waals surface area contributed by atoms with Crippen molar-refractivity contribution in [1.82, 2.24) is 10.9 Å². The number of fused-ring (bicyclic) bond motifs is 2. The molecule has 0 spiro atoms. The zero-order valence-corrected chi connectivity index (χ0v) is 15.9. The maximum Gasteiger partial charge on any atom is 0.207 e. The summed E-state index contributed by atoms with van der Waals surface area (Å²) >= 11 is 5.23. The molecule has 0 atom stereocenters. The molecule has 0 unspecified atom stereocenters. The van der Waals surface area contributed by atoms with Crippen molar-refractivity contribution >= 4 is 51.3 Å². The van der Waals surface area contributed by atoms with Crippen LogP contribution in [0.25, 0.3) is 21.5 Å². The molecular formula is C23H18N4S. The fourth-order valence-electron chi connectivity index (χ4n) is 3.07. The normalized spacial score (nSPS) is 11.4. The van der Waals surface area contributed by atoms with Crippen LogP contribution < -0.4 is 10.9 Å². The fourth-order valence-corrected chi connectivity index (χ4v) is 3.18. The molecule has 0 fully saturated rings. The summed E-state index contributed by atoms with van der Waals surface area (Å²) in [6, 6.07) is 28.6. The summed E-state index contributed by atoms with van der Waals surface area (Å²) in [7, 11) is 0. The first-order valence-electron chi connectivity index (χ1n) is 8.89. The minimum Gasteiger partial charge on any atom is -0.252 e. The smallest absolute Gasteiger partial charge is 0.207 e. The summed E-state index contributed by atoms with van der Waals surface area (Å²) in [5, 5.41) is 13.4. The first-order chi connectivity index (χ1) is 13.8. The SMILES string of the molecule is S=C(N/N=C\c1cccc2ccccc12)N/N=C\c1cccc2ccccc12. The van der Waals surface area contributed by atoms with Crippen molar-refractivity contribution in [2.75, 3.05) is 0 Å². The molecule has 0 saturated heterocycles. The van der Waals surface area contributed by atoms with Crippen molar-refractivity contribution in [3.8, 4) is 0 Å². The summed E-state index contributed by atoms with van der Waals surface area (Å²) in [5.74, 6) is 0. The van der Waals surface area contributed by atoms with Gasteiger partial charge in [-0.25, -0.2) is 0 Å². The highest BCUT2D eigenvalue weighted by Gasteiger charge is 1.98. The topological polar surface area (TPSA) is 48.8 Å². The van der Waals surface area contributed by atoms with Crippen LogP contribution in [0.3, 0.4) is 0 Å². The van der Waals surface area contributed by atoms with Gasteiger partial charge in [0.2, 0.25) is 5.11 Å². The van der Waals surface area contributed by atoms with E-state index in [2.05, 4.69) is 57.5 Å². The second kappa shape index (κ2) is 8.41. The van der Waals surface area contributed by atoms with Crippen LogP contribution in [0.5, 0.6) is 0 Å². The van der Waals surface area contributed by atoms with E-state index < -0.39 is 0 Å². The van der Waals surface area contributed by atoms with Crippen LogP contribution in [0.15, 0.2) is 95.1 Å². The molecule has 4 aromatic carbocycles. The van der Waals surface area contributed by atoms with Gasteiger partial charge in [0.15, 0.2) is 0 Å². The van der Waals surface area contributed by atoms with Gasteiger partial charge in [-0.2, -0.15) is 10.2 Å². The van der Waals surface area contributed by atoms with Gasteiger partial charge in [0.1, 0.15) is 0 Å². The number of hydrogen-bond donors (Lipinski definition) is 2. The summed E-state index contributed by atoms with van der Waals surface area (Å²) in [6.07, 6.45) is 3.51. The lowest BCUT2D eigenvalue weighted by atomic mass is 10.1. The molecular weight excluding hydrogens is 364 g/mol. The summed E-state index contributed by atoms with van der Waals surface area (Å²) in [5.41, 5.74) is 7.63. The van der Waals surface area contributed by atoms with Gasteiger partial charge in [-0.1, -0.05) is 84.9 Å². The van der Waals surface area contributed by atoms with Crippen LogP contribution in [0.4, 0.5) is 0 Å². The Bertz CT molecular complexity index is 1090. The Labute approximate surface area is 168 Å². The van der Waals surface area contributed by atoms with Gasteiger partial charge in [-0.3, -0.25) is 10.9 Å². The van der Waals surface area contributed by atoms with E-state index in [1.54, 1.807) is 12.4 Å². The number of hydrazone groups is 2. The molecule has 0 saturated carbocycles. The van der Waals surface area contributed by atoms with Gasteiger partial charge < -0.3 is 0 Å². The number of nitrogens with one attached hydrogen (secondary N) is 2. The number of thiocarbonyl (C=S) groups is 1. The minimum atomic E-state index is 0.327. The van der Waals surface area contributed by atoms with Gasteiger partial charge in [-0.15, -0.1) is 0 Å². The van der Waals surface area contributed by atoms with Gasteiger partial charge in [0, 0.05) is 11.1 Å². The summed E-state index contributed by atoms with van der Waals surface area (Å²) in [4.78, 5) is 0. The van der Waals surface area contributed by atoms with E-state index in [1.165, 1.54) is 10.8 Å². The van der Waals surface area contributed by atoms with E-state index in [9.17, 15) is 0 Å². The van der Waals surface area contributed by atoms with Crippen LogP contribution in [0, 0.1) is 0 Å². The Morgan fingerprint density at radius 1 is 0.607 bits per heavy atom. The Hall–Kier alpha value is -3.57. The lowest BCUT2D eigenvalue weighted by molar-refractivity contribution is 0.935. The molecule has 136 valence electrons. The number of hydrogen-bond acceptors (Lipinski definition) is 3. The average molecular weight is 382 g/mol. The Morgan fingerprint density at radius 2 is 1.04 bits per heavy atom. The second-order valence-corrected chi connectivity index (χ2v) is 6.61. The van der Waals surface area contributed by atoms with Crippen molar-refractivity contribution < 1.29 is 0 Å². The summed E-state index contributed by atoms with van der Waals surface area (Å²) in [6.45, 7) is 0. The van der Waals surface area contributed by atoms with Crippen LogP contribution >= 0.6 is 12.2 Å². The van der Waals surface area contributed by atoms with Crippen molar-refractivity contribution in [1.29, 1.82) is 0 Å². The molecule has 4 nitrogen and oxygen atoms in total. The molecule has 2 N–H and O–H groups in total. The molecule has 0 heterocycles. The molecule has 0 aliphatic heterocycles. The molecule has 4 rings (SSSR count). The van der Waals surface area contributed by atoms with Crippen molar-refractivity contribution in [2.24, 2.45) is 10.2 Å².